The molecule has 0 spiro atoms. The Morgan fingerprint density at radius 2 is 2.02 bits per heavy atom. The molecule has 13 heteroatoms. The number of likely N-dealkylation sites (tertiary alicyclic amines) is 1. The maximum Gasteiger partial charge on any atom is 0.394 e. The van der Waals surface area contributed by atoms with Gasteiger partial charge in [0.2, 0.25) is 0 Å². The van der Waals surface area contributed by atoms with Gasteiger partial charge in [0.15, 0.2) is 9.84 Å². The van der Waals surface area contributed by atoms with Crippen LogP contribution in [0.5, 0.6) is 5.75 Å². The first-order valence-corrected chi connectivity index (χ1v) is 14.9. The number of sulfone groups is 1. The molecule has 1 saturated heterocycles. The minimum absolute atomic E-state index is 0.0222. The van der Waals surface area contributed by atoms with Crippen LogP contribution in [0.4, 0.5) is 23.2 Å². The van der Waals surface area contributed by atoms with Crippen molar-refractivity contribution in [3.63, 3.8) is 0 Å². The van der Waals surface area contributed by atoms with E-state index in [1.807, 2.05) is 11.9 Å². The molecular weight excluding hydrogens is 562 g/mol. The van der Waals surface area contributed by atoms with Crippen molar-refractivity contribution in [2.24, 2.45) is 5.92 Å². The van der Waals surface area contributed by atoms with Crippen LogP contribution in [0.1, 0.15) is 29.4 Å². The van der Waals surface area contributed by atoms with Crippen molar-refractivity contribution >= 4 is 21.2 Å². The molecule has 2 N–H and O–H groups in total. The van der Waals surface area contributed by atoms with Gasteiger partial charge in [0.05, 0.1) is 36.4 Å². The van der Waals surface area contributed by atoms with Crippen LogP contribution in [0.2, 0.25) is 0 Å². The van der Waals surface area contributed by atoms with E-state index in [4.69, 9.17) is 4.74 Å². The van der Waals surface area contributed by atoms with Crippen molar-refractivity contribution < 1.29 is 30.7 Å². The van der Waals surface area contributed by atoms with Crippen LogP contribution in [0.3, 0.4) is 0 Å². The van der Waals surface area contributed by atoms with Gasteiger partial charge in [-0.25, -0.2) is 17.8 Å². The van der Waals surface area contributed by atoms with Crippen molar-refractivity contribution in [3.05, 3.63) is 53.5 Å². The number of pyridine rings is 1. The number of hydrogen-bond acceptors (Lipinski definition) is 7. The molecule has 1 aliphatic heterocycles. The molecule has 0 unspecified atom stereocenters. The van der Waals surface area contributed by atoms with E-state index in [0.717, 1.165) is 6.26 Å². The summed E-state index contributed by atoms with van der Waals surface area (Å²) in [6, 6.07) is 7.28. The van der Waals surface area contributed by atoms with Crippen molar-refractivity contribution in [2.45, 2.75) is 36.1 Å². The lowest BCUT2D eigenvalue weighted by atomic mass is 9.84. The molecule has 0 radical (unpaired) electrons. The molecule has 222 valence electrons. The van der Waals surface area contributed by atoms with Gasteiger partial charge in [-0.2, -0.15) is 13.2 Å². The minimum atomic E-state index is -4.50. The standard InChI is InChI=1S/C28H33F4N5O3S/c1-33-26(19-11-14-36(2)17-21(19)29)20-7-6-13-37-24(16-28(30,31)32)22(35-27(20)37)8-5-12-34-23-10-9-18(41(4,38)39)15-25(23)40-3/h6-7,9-10,13,15,19,21,26,33-34H,11-12,14,16-17H2,1-4H3/t19-,21-,26-/m0/s1. The normalized spacial score (nSPS) is 19.0. The average Bonchev–Trinajstić information content (AvgIpc) is 3.24. The molecule has 1 aromatic carbocycles. The summed E-state index contributed by atoms with van der Waals surface area (Å²) in [7, 11) is 1.53. The summed E-state index contributed by atoms with van der Waals surface area (Å²) in [6.07, 6.45) is -3.66. The number of piperidine rings is 1. The number of hydrogen-bond donors (Lipinski definition) is 2. The summed E-state index contributed by atoms with van der Waals surface area (Å²) in [5.41, 5.74) is 1.25. The van der Waals surface area contributed by atoms with E-state index in [1.165, 1.54) is 35.9 Å². The van der Waals surface area contributed by atoms with Crippen LogP contribution in [-0.2, 0) is 16.3 Å². The lowest BCUT2D eigenvalue weighted by Crippen LogP contribution is -2.44. The Morgan fingerprint density at radius 1 is 1.27 bits per heavy atom. The number of alkyl halides is 4. The predicted molar refractivity (Wildman–Crippen MR) is 149 cm³/mol. The number of rotatable bonds is 8. The number of aromatic nitrogens is 2. The van der Waals surface area contributed by atoms with Gasteiger partial charge < -0.3 is 24.7 Å². The molecule has 0 amide bonds. The molecule has 3 atom stereocenters. The number of methoxy groups -OCH3 is 1. The summed E-state index contributed by atoms with van der Waals surface area (Å²) in [4.78, 5) is 6.52. The van der Waals surface area contributed by atoms with Crippen molar-refractivity contribution in [1.82, 2.24) is 19.6 Å². The first kappa shape index (κ1) is 30.6. The molecule has 4 rings (SSSR count). The van der Waals surface area contributed by atoms with Crippen LogP contribution in [0, 0.1) is 17.8 Å². The zero-order valence-corrected chi connectivity index (χ0v) is 24.0. The third-order valence-corrected chi connectivity index (χ3v) is 8.30. The number of nitrogens with zero attached hydrogens (tertiary/aromatic N) is 3. The highest BCUT2D eigenvalue weighted by Crippen LogP contribution is 2.35. The second-order valence-corrected chi connectivity index (χ2v) is 12.2. The Hall–Kier alpha value is -3.34. The molecular formula is C28H33F4N5O3S. The second-order valence-electron chi connectivity index (χ2n) is 10.1. The third-order valence-electron chi connectivity index (χ3n) is 7.19. The van der Waals surface area contributed by atoms with Crippen LogP contribution >= 0.6 is 0 Å². The topological polar surface area (TPSA) is 88.0 Å². The summed E-state index contributed by atoms with van der Waals surface area (Å²) >= 11 is 0. The number of imidazole rings is 1. The molecule has 1 aliphatic rings. The Bertz CT molecular complexity index is 1560. The van der Waals surface area contributed by atoms with Crippen molar-refractivity contribution in [3.8, 4) is 17.6 Å². The lowest BCUT2D eigenvalue weighted by molar-refractivity contribution is -0.128. The SMILES string of the molecule is CN[C@H](c1cccn2c(CC(F)(F)F)c(C#CCNc3ccc(S(C)(=O)=O)cc3OC)nc12)[C@H]1CCN(C)C[C@@H]1F. The van der Waals surface area contributed by atoms with Crippen molar-refractivity contribution in [2.75, 3.05) is 52.4 Å². The quantitative estimate of drug-likeness (QED) is 0.302. The fourth-order valence-electron chi connectivity index (χ4n) is 5.21. The monoisotopic (exact) mass is 595 g/mol. The number of nitrogens with one attached hydrogen (secondary N) is 2. The molecule has 2 aromatic heterocycles. The number of ether oxygens (including phenoxy) is 1. The van der Waals surface area contributed by atoms with Gasteiger partial charge in [0.1, 0.15) is 23.3 Å². The van der Waals surface area contributed by atoms with E-state index < -0.39 is 34.6 Å². The summed E-state index contributed by atoms with van der Waals surface area (Å²) in [5.74, 6) is 5.49. The van der Waals surface area contributed by atoms with Gasteiger partial charge in [0, 0.05) is 42.6 Å². The molecule has 1 fully saturated rings. The third kappa shape index (κ3) is 7.12. The maximum absolute atomic E-state index is 15.1. The molecule has 41 heavy (non-hydrogen) atoms. The Balaban J connectivity index is 1.67. The molecule has 0 saturated carbocycles. The van der Waals surface area contributed by atoms with Gasteiger partial charge in [-0.1, -0.05) is 12.0 Å². The lowest BCUT2D eigenvalue weighted by Gasteiger charge is -2.37. The summed E-state index contributed by atoms with van der Waals surface area (Å²) in [6.45, 7) is 1.02. The van der Waals surface area contributed by atoms with E-state index in [9.17, 15) is 21.6 Å². The zero-order chi connectivity index (χ0) is 29.9. The Kier molecular flexibility index (Phi) is 9.16. The van der Waals surface area contributed by atoms with E-state index >= 15 is 4.39 Å². The first-order valence-electron chi connectivity index (χ1n) is 13.0. The Labute approximate surface area is 237 Å². The van der Waals surface area contributed by atoms with E-state index in [0.29, 0.717) is 29.9 Å². The summed E-state index contributed by atoms with van der Waals surface area (Å²) < 4.78 is 86.2. The number of halogens is 4. The van der Waals surface area contributed by atoms with Crippen LogP contribution in [0.15, 0.2) is 41.4 Å². The van der Waals surface area contributed by atoms with Crippen LogP contribution < -0.4 is 15.4 Å². The minimum Gasteiger partial charge on any atom is -0.495 e. The molecule has 3 heterocycles. The highest BCUT2D eigenvalue weighted by atomic mass is 32.2. The van der Waals surface area contributed by atoms with Gasteiger partial charge in [0.25, 0.3) is 0 Å². The number of anilines is 1. The Morgan fingerprint density at radius 3 is 2.66 bits per heavy atom. The number of benzene rings is 1. The van der Waals surface area contributed by atoms with Gasteiger partial charge in [-0.05, 0) is 51.2 Å². The highest BCUT2D eigenvalue weighted by molar-refractivity contribution is 7.90. The van der Waals surface area contributed by atoms with Crippen LogP contribution in [0.25, 0.3) is 5.65 Å². The first-order chi connectivity index (χ1) is 19.3. The van der Waals surface area contributed by atoms with Gasteiger partial charge in [-0.15, -0.1) is 0 Å². The van der Waals surface area contributed by atoms with E-state index in [2.05, 4.69) is 27.5 Å². The smallest absolute Gasteiger partial charge is 0.394 e. The van der Waals surface area contributed by atoms with E-state index in [1.54, 1.807) is 19.2 Å². The fourth-order valence-corrected chi connectivity index (χ4v) is 5.84. The van der Waals surface area contributed by atoms with Gasteiger partial charge >= 0.3 is 6.18 Å². The van der Waals surface area contributed by atoms with Crippen LogP contribution in [-0.4, -0.2) is 82.1 Å². The molecule has 0 bridgehead atoms. The van der Waals surface area contributed by atoms with Gasteiger partial charge in [-0.3, -0.25) is 0 Å². The molecule has 8 nitrogen and oxygen atoms in total. The number of fused-ring (bicyclic) bond motifs is 1. The fraction of sp³-hybridized carbons (Fsp3) is 0.464. The summed E-state index contributed by atoms with van der Waals surface area (Å²) in [5, 5.41) is 6.17. The maximum atomic E-state index is 15.1. The molecule has 0 aliphatic carbocycles. The highest BCUT2D eigenvalue weighted by Gasteiger charge is 2.36. The zero-order valence-electron chi connectivity index (χ0n) is 23.2. The second kappa shape index (κ2) is 12.3. The van der Waals surface area contributed by atoms with E-state index in [-0.39, 0.29) is 41.0 Å². The largest absolute Gasteiger partial charge is 0.495 e. The molecule has 3 aromatic rings. The predicted octanol–water partition coefficient (Wildman–Crippen LogP) is 3.87. The average molecular weight is 596 g/mol. The van der Waals surface area contributed by atoms with Crippen molar-refractivity contribution in [1.29, 1.82) is 0 Å².